The topological polar surface area (TPSA) is 34.2 Å². The maximum atomic E-state index is 5.35. The van der Waals surface area contributed by atoms with E-state index in [9.17, 15) is 0 Å². The molecule has 1 fully saturated rings. The first-order chi connectivity index (χ1) is 6.29. The molecule has 1 aliphatic rings. The van der Waals surface area contributed by atoms with Crippen molar-refractivity contribution in [1.29, 1.82) is 0 Å². The quantitative estimate of drug-likeness (QED) is 0.797. The maximum absolute atomic E-state index is 5.35. The highest BCUT2D eigenvalue weighted by Crippen LogP contribution is 2.18. The highest BCUT2D eigenvalue weighted by atomic mass is 32.1. The summed E-state index contributed by atoms with van der Waals surface area (Å²) in [5.74, 6) is 0. The molecule has 1 aromatic heterocycles. The monoisotopic (exact) mass is 198 g/mol. The van der Waals surface area contributed by atoms with Gasteiger partial charge in [0.15, 0.2) is 0 Å². The van der Waals surface area contributed by atoms with E-state index < -0.39 is 0 Å². The first-order valence-corrected chi connectivity index (χ1v) is 5.43. The van der Waals surface area contributed by atoms with E-state index in [1.54, 1.807) is 11.3 Å². The van der Waals surface area contributed by atoms with Crippen LogP contribution < -0.4 is 5.32 Å². The normalized spacial score (nSPS) is 28.1. The van der Waals surface area contributed by atoms with Gasteiger partial charge in [0.2, 0.25) is 0 Å². The minimum atomic E-state index is 0.156. The number of nitrogens with one attached hydrogen (secondary N) is 1. The van der Waals surface area contributed by atoms with Crippen LogP contribution in [-0.2, 0) is 11.3 Å². The van der Waals surface area contributed by atoms with Crippen molar-refractivity contribution >= 4 is 11.3 Å². The van der Waals surface area contributed by atoms with Crippen molar-refractivity contribution in [3.05, 3.63) is 16.6 Å². The summed E-state index contributed by atoms with van der Waals surface area (Å²) in [7, 11) is 0. The SMILES string of the molecule is CC1(NCc2cscn2)CCOC1. The Balaban J connectivity index is 1.85. The molecule has 1 aliphatic heterocycles. The summed E-state index contributed by atoms with van der Waals surface area (Å²) < 4.78 is 5.35. The minimum absolute atomic E-state index is 0.156. The molecule has 1 aromatic rings. The van der Waals surface area contributed by atoms with E-state index in [1.807, 2.05) is 5.51 Å². The fourth-order valence-corrected chi connectivity index (χ4v) is 1.99. The first-order valence-electron chi connectivity index (χ1n) is 4.48. The Labute approximate surface area is 82.1 Å². The summed E-state index contributed by atoms with van der Waals surface area (Å²) >= 11 is 1.64. The second-order valence-electron chi connectivity index (χ2n) is 3.70. The summed E-state index contributed by atoms with van der Waals surface area (Å²) in [5, 5.41) is 5.56. The molecular formula is C9H14N2OS. The van der Waals surface area contributed by atoms with Gasteiger partial charge < -0.3 is 10.1 Å². The van der Waals surface area contributed by atoms with Gasteiger partial charge in [-0.25, -0.2) is 4.98 Å². The third kappa shape index (κ3) is 2.27. The van der Waals surface area contributed by atoms with E-state index in [0.29, 0.717) is 0 Å². The number of ether oxygens (including phenoxy) is 1. The highest BCUT2D eigenvalue weighted by molar-refractivity contribution is 7.07. The van der Waals surface area contributed by atoms with Crippen molar-refractivity contribution in [1.82, 2.24) is 10.3 Å². The molecule has 0 aliphatic carbocycles. The van der Waals surface area contributed by atoms with Gasteiger partial charge in [-0.1, -0.05) is 0 Å². The zero-order valence-corrected chi connectivity index (χ0v) is 8.56. The van der Waals surface area contributed by atoms with E-state index in [1.165, 1.54) is 0 Å². The van der Waals surface area contributed by atoms with E-state index >= 15 is 0 Å². The van der Waals surface area contributed by atoms with E-state index in [0.717, 1.165) is 31.9 Å². The molecule has 0 spiro atoms. The van der Waals surface area contributed by atoms with Crippen LogP contribution in [0.5, 0.6) is 0 Å². The molecule has 4 heteroatoms. The van der Waals surface area contributed by atoms with Crippen LogP contribution in [0, 0.1) is 0 Å². The second kappa shape index (κ2) is 3.74. The van der Waals surface area contributed by atoms with Gasteiger partial charge in [-0.3, -0.25) is 0 Å². The van der Waals surface area contributed by atoms with Crippen molar-refractivity contribution in [2.24, 2.45) is 0 Å². The third-order valence-electron chi connectivity index (χ3n) is 2.40. The zero-order chi connectivity index (χ0) is 9.15. The molecule has 1 saturated heterocycles. The summed E-state index contributed by atoms with van der Waals surface area (Å²) in [6.45, 7) is 4.74. The van der Waals surface area contributed by atoms with Gasteiger partial charge in [0, 0.05) is 24.1 Å². The summed E-state index contributed by atoms with van der Waals surface area (Å²) in [4.78, 5) is 4.22. The molecule has 2 rings (SSSR count). The first kappa shape index (κ1) is 9.12. The average Bonchev–Trinajstić information content (AvgIpc) is 2.72. The van der Waals surface area contributed by atoms with Crippen LogP contribution in [-0.4, -0.2) is 23.7 Å². The highest BCUT2D eigenvalue weighted by Gasteiger charge is 2.28. The molecule has 0 amide bonds. The standard InChI is InChI=1S/C9H14N2OS/c1-9(2-3-12-6-9)11-4-8-5-13-7-10-8/h5,7,11H,2-4,6H2,1H3. The van der Waals surface area contributed by atoms with Crippen LogP contribution in [0.3, 0.4) is 0 Å². The van der Waals surface area contributed by atoms with Gasteiger partial charge in [0.25, 0.3) is 0 Å². The summed E-state index contributed by atoms with van der Waals surface area (Å²) in [5.41, 5.74) is 3.15. The van der Waals surface area contributed by atoms with Crippen molar-refractivity contribution in [3.63, 3.8) is 0 Å². The summed E-state index contributed by atoms with van der Waals surface area (Å²) in [6.07, 6.45) is 1.09. The van der Waals surface area contributed by atoms with Crippen LogP contribution in [0.4, 0.5) is 0 Å². The van der Waals surface area contributed by atoms with Crippen molar-refractivity contribution in [2.45, 2.75) is 25.4 Å². The predicted octanol–water partition coefficient (Wildman–Crippen LogP) is 1.41. The molecule has 1 unspecified atom stereocenters. The van der Waals surface area contributed by atoms with Gasteiger partial charge >= 0.3 is 0 Å². The fourth-order valence-electron chi connectivity index (χ4n) is 1.44. The van der Waals surface area contributed by atoms with Gasteiger partial charge in [0.05, 0.1) is 17.8 Å². The van der Waals surface area contributed by atoms with Crippen molar-refractivity contribution in [2.75, 3.05) is 13.2 Å². The van der Waals surface area contributed by atoms with Gasteiger partial charge in [-0.2, -0.15) is 0 Å². The van der Waals surface area contributed by atoms with Crippen LogP contribution in [0.2, 0.25) is 0 Å². The lowest BCUT2D eigenvalue weighted by molar-refractivity contribution is 0.171. The molecule has 0 bridgehead atoms. The van der Waals surface area contributed by atoms with E-state index in [2.05, 4.69) is 22.6 Å². The molecule has 0 aromatic carbocycles. The molecule has 72 valence electrons. The third-order valence-corrected chi connectivity index (χ3v) is 3.03. The maximum Gasteiger partial charge on any atom is 0.0795 e. The minimum Gasteiger partial charge on any atom is -0.379 e. The Morgan fingerprint density at radius 1 is 1.77 bits per heavy atom. The van der Waals surface area contributed by atoms with Gasteiger partial charge in [0.1, 0.15) is 0 Å². The van der Waals surface area contributed by atoms with Crippen molar-refractivity contribution < 1.29 is 4.74 Å². The molecule has 1 atom stereocenters. The van der Waals surface area contributed by atoms with Crippen LogP contribution in [0.25, 0.3) is 0 Å². The Morgan fingerprint density at radius 2 is 2.69 bits per heavy atom. The molecule has 3 nitrogen and oxygen atoms in total. The summed E-state index contributed by atoms with van der Waals surface area (Å²) in [6, 6.07) is 0. The Bertz CT molecular complexity index is 255. The van der Waals surface area contributed by atoms with E-state index in [4.69, 9.17) is 4.74 Å². The second-order valence-corrected chi connectivity index (χ2v) is 4.42. The van der Waals surface area contributed by atoms with E-state index in [-0.39, 0.29) is 5.54 Å². The van der Waals surface area contributed by atoms with Crippen molar-refractivity contribution in [3.8, 4) is 0 Å². The van der Waals surface area contributed by atoms with Gasteiger partial charge in [-0.15, -0.1) is 11.3 Å². The Morgan fingerprint density at radius 3 is 3.31 bits per heavy atom. The molecule has 13 heavy (non-hydrogen) atoms. The van der Waals surface area contributed by atoms with Gasteiger partial charge in [-0.05, 0) is 13.3 Å². The largest absolute Gasteiger partial charge is 0.379 e. The fraction of sp³-hybridized carbons (Fsp3) is 0.667. The number of hydrogen-bond donors (Lipinski definition) is 1. The average molecular weight is 198 g/mol. The number of hydrogen-bond acceptors (Lipinski definition) is 4. The lowest BCUT2D eigenvalue weighted by Crippen LogP contribution is -2.42. The lowest BCUT2D eigenvalue weighted by atomic mass is 10.0. The van der Waals surface area contributed by atoms with Crippen LogP contribution >= 0.6 is 11.3 Å². The number of aromatic nitrogens is 1. The molecular weight excluding hydrogens is 184 g/mol. The molecule has 1 N–H and O–H groups in total. The lowest BCUT2D eigenvalue weighted by Gasteiger charge is -2.22. The van der Waals surface area contributed by atoms with Crippen LogP contribution in [0.1, 0.15) is 19.0 Å². The number of nitrogens with zero attached hydrogens (tertiary/aromatic N) is 1. The Kier molecular flexibility index (Phi) is 2.62. The Hall–Kier alpha value is -0.450. The molecule has 0 radical (unpaired) electrons. The van der Waals surface area contributed by atoms with Crippen LogP contribution in [0.15, 0.2) is 10.9 Å². The smallest absolute Gasteiger partial charge is 0.0795 e. The molecule has 0 saturated carbocycles. The number of rotatable bonds is 3. The predicted molar refractivity (Wildman–Crippen MR) is 52.8 cm³/mol. The molecule has 2 heterocycles. The number of thiazole rings is 1. The zero-order valence-electron chi connectivity index (χ0n) is 7.75.